The Labute approximate surface area is 372 Å². The van der Waals surface area contributed by atoms with E-state index in [0.717, 1.165) is 77.0 Å². The van der Waals surface area contributed by atoms with Crippen molar-refractivity contribution in [2.45, 2.75) is 168 Å². The standard InChI is InChI=1S/C55H82O6/c1-4-7-10-13-16-19-21-23-25-27-29-31-33-36-39-42-45-48-54(57)60-51-52(50-59-53(56)47-44-41-38-35-18-15-12-9-6-3)61-55(58)49-46-43-40-37-34-32-30-28-26-24-22-20-17-14-11-8-5-2/h7,9-10,12-13,16-21,23-27,29-33,35,37,40,52H,4-6,8,11,14-15,22,28,34,36,38-39,41-51H2,1-3H3/b10-7-,12-9-,16-13-,20-17-,21-19-,25-23-,26-24-,29-27+,32-30-,33-31-,35-18-,40-37-. The topological polar surface area (TPSA) is 78.9 Å². The molecule has 0 aliphatic heterocycles. The molecule has 6 nitrogen and oxygen atoms in total. The lowest BCUT2D eigenvalue weighted by Gasteiger charge is -2.18. The third-order valence-corrected chi connectivity index (χ3v) is 8.97. The van der Waals surface area contributed by atoms with E-state index in [2.05, 4.69) is 106 Å². The Morgan fingerprint density at radius 2 is 0.738 bits per heavy atom. The van der Waals surface area contributed by atoms with E-state index in [1.807, 2.05) is 60.8 Å². The molecule has 0 amide bonds. The molecule has 0 aromatic heterocycles. The summed E-state index contributed by atoms with van der Waals surface area (Å²) >= 11 is 0. The number of ether oxygens (including phenoxy) is 3. The van der Waals surface area contributed by atoms with E-state index in [-0.39, 0.29) is 44.4 Å². The zero-order valence-corrected chi connectivity index (χ0v) is 38.4. The summed E-state index contributed by atoms with van der Waals surface area (Å²) in [7, 11) is 0. The molecule has 0 bridgehead atoms. The molecule has 1 atom stereocenters. The van der Waals surface area contributed by atoms with E-state index < -0.39 is 12.1 Å². The summed E-state index contributed by atoms with van der Waals surface area (Å²) in [5.74, 6) is -1.09. The van der Waals surface area contributed by atoms with Gasteiger partial charge in [0, 0.05) is 19.3 Å². The second-order valence-corrected chi connectivity index (χ2v) is 14.7. The molecule has 1 unspecified atom stereocenters. The first-order valence-electron chi connectivity index (χ1n) is 23.4. The number of rotatable bonds is 39. The maximum atomic E-state index is 12.7. The molecule has 0 aliphatic carbocycles. The summed E-state index contributed by atoms with van der Waals surface area (Å²) in [5, 5.41) is 0. The summed E-state index contributed by atoms with van der Waals surface area (Å²) in [6, 6.07) is 0. The molecule has 0 N–H and O–H groups in total. The third-order valence-electron chi connectivity index (χ3n) is 8.97. The van der Waals surface area contributed by atoms with Gasteiger partial charge in [0.2, 0.25) is 0 Å². The van der Waals surface area contributed by atoms with Crippen LogP contribution in [0.15, 0.2) is 146 Å². The zero-order valence-electron chi connectivity index (χ0n) is 38.4. The average Bonchev–Trinajstić information content (AvgIpc) is 3.26. The average molecular weight is 839 g/mol. The fraction of sp³-hybridized carbons (Fsp3) is 0.509. The lowest BCUT2D eigenvalue weighted by molar-refractivity contribution is -0.167. The fourth-order valence-corrected chi connectivity index (χ4v) is 5.50. The summed E-state index contributed by atoms with van der Waals surface area (Å²) in [6.07, 6.45) is 68.4. The Hall–Kier alpha value is -4.71. The molecule has 0 aliphatic rings. The van der Waals surface area contributed by atoms with Crippen LogP contribution in [0.5, 0.6) is 0 Å². The lowest BCUT2D eigenvalue weighted by Crippen LogP contribution is -2.30. The van der Waals surface area contributed by atoms with E-state index in [9.17, 15) is 14.4 Å². The molecule has 0 rings (SSSR count). The minimum absolute atomic E-state index is 0.139. The van der Waals surface area contributed by atoms with Gasteiger partial charge in [0.1, 0.15) is 13.2 Å². The molecule has 338 valence electrons. The zero-order chi connectivity index (χ0) is 44.4. The highest BCUT2D eigenvalue weighted by Crippen LogP contribution is 2.10. The van der Waals surface area contributed by atoms with Crippen LogP contribution in [-0.2, 0) is 28.6 Å². The van der Waals surface area contributed by atoms with Gasteiger partial charge in [0.05, 0.1) is 0 Å². The van der Waals surface area contributed by atoms with Crippen molar-refractivity contribution >= 4 is 17.9 Å². The van der Waals surface area contributed by atoms with E-state index in [4.69, 9.17) is 14.2 Å². The molecule has 0 radical (unpaired) electrons. The molecule has 0 heterocycles. The Kier molecular flexibility index (Phi) is 44.3. The van der Waals surface area contributed by atoms with Crippen LogP contribution in [0.2, 0.25) is 0 Å². The molecule has 0 saturated carbocycles. The number of allylic oxidation sites excluding steroid dienone is 24. The van der Waals surface area contributed by atoms with E-state index in [0.29, 0.717) is 19.3 Å². The van der Waals surface area contributed by atoms with Crippen molar-refractivity contribution in [2.75, 3.05) is 13.2 Å². The van der Waals surface area contributed by atoms with Gasteiger partial charge in [-0.1, -0.05) is 186 Å². The van der Waals surface area contributed by atoms with Gasteiger partial charge < -0.3 is 14.2 Å². The highest BCUT2D eigenvalue weighted by atomic mass is 16.6. The molecule has 0 saturated heterocycles. The molecule has 0 aromatic carbocycles. The van der Waals surface area contributed by atoms with Crippen molar-refractivity contribution in [2.24, 2.45) is 0 Å². The molecule has 0 aromatic rings. The van der Waals surface area contributed by atoms with Crippen LogP contribution in [0, 0.1) is 0 Å². The second-order valence-electron chi connectivity index (χ2n) is 14.7. The van der Waals surface area contributed by atoms with Crippen LogP contribution in [0.1, 0.15) is 162 Å². The minimum atomic E-state index is -0.843. The van der Waals surface area contributed by atoms with E-state index in [1.54, 1.807) is 0 Å². The molecular weight excluding hydrogens is 757 g/mol. The van der Waals surface area contributed by atoms with Crippen LogP contribution in [0.3, 0.4) is 0 Å². The van der Waals surface area contributed by atoms with Gasteiger partial charge in [-0.05, 0) is 103 Å². The number of carbonyl (C=O) groups excluding carboxylic acids is 3. The maximum absolute atomic E-state index is 12.7. The lowest BCUT2D eigenvalue weighted by atomic mass is 10.1. The maximum Gasteiger partial charge on any atom is 0.306 e. The summed E-state index contributed by atoms with van der Waals surface area (Å²) in [6.45, 7) is 6.18. The first-order chi connectivity index (χ1) is 30.0. The number of hydrogen-bond donors (Lipinski definition) is 0. The van der Waals surface area contributed by atoms with Crippen LogP contribution >= 0.6 is 0 Å². The van der Waals surface area contributed by atoms with Gasteiger partial charge in [0.25, 0.3) is 0 Å². The number of unbranched alkanes of at least 4 members (excludes halogenated alkanes) is 9. The van der Waals surface area contributed by atoms with Crippen molar-refractivity contribution in [3.63, 3.8) is 0 Å². The Morgan fingerprint density at radius 1 is 0.361 bits per heavy atom. The molecule has 6 heteroatoms. The number of carbonyl (C=O) groups is 3. The monoisotopic (exact) mass is 839 g/mol. The van der Waals surface area contributed by atoms with Crippen molar-refractivity contribution in [1.29, 1.82) is 0 Å². The Balaban J connectivity index is 4.61. The Bertz CT molecular complexity index is 1430. The Morgan fingerprint density at radius 3 is 1.25 bits per heavy atom. The largest absolute Gasteiger partial charge is 0.462 e. The normalized spacial score (nSPS) is 13.4. The highest BCUT2D eigenvalue weighted by molar-refractivity contribution is 5.71. The predicted octanol–water partition coefficient (Wildman–Crippen LogP) is 15.3. The van der Waals surface area contributed by atoms with Crippen LogP contribution < -0.4 is 0 Å². The number of esters is 3. The van der Waals surface area contributed by atoms with Crippen LogP contribution in [0.4, 0.5) is 0 Å². The first-order valence-corrected chi connectivity index (χ1v) is 23.4. The van der Waals surface area contributed by atoms with E-state index >= 15 is 0 Å². The first kappa shape index (κ1) is 56.3. The van der Waals surface area contributed by atoms with Crippen molar-refractivity contribution in [1.82, 2.24) is 0 Å². The van der Waals surface area contributed by atoms with Gasteiger partial charge in [-0.2, -0.15) is 0 Å². The smallest absolute Gasteiger partial charge is 0.306 e. The van der Waals surface area contributed by atoms with Crippen LogP contribution in [0.25, 0.3) is 0 Å². The van der Waals surface area contributed by atoms with Gasteiger partial charge in [-0.15, -0.1) is 0 Å². The second kappa shape index (κ2) is 48.0. The summed E-state index contributed by atoms with van der Waals surface area (Å²) < 4.78 is 16.6. The van der Waals surface area contributed by atoms with Crippen molar-refractivity contribution < 1.29 is 28.6 Å². The third kappa shape index (κ3) is 46.2. The van der Waals surface area contributed by atoms with Crippen molar-refractivity contribution in [3.8, 4) is 0 Å². The van der Waals surface area contributed by atoms with Crippen molar-refractivity contribution in [3.05, 3.63) is 146 Å². The van der Waals surface area contributed by atoms with E-state index in [1.165, 1.54) is 25.7 Å². The SMILES string of the molecule is CC\C=C/C=C\C=C/C=C\C=C\C=C/CCCCCC(=O)OCC(COC(=O)CCCC/C=C\C/C=C\CC)OC(=O)CCC/C=C\C/C=C\C/C=C\C/C=C\CCCCC. The minimum Gasteiger partial charge on any atom is -0.462 e. The molecular formula is C55H82O6. The highest BCUT2D eigenvalue weighted by Gasteiger charge is 2.19. The molecule has 0 spiro atoms. The predicted molar refractivity (Wildman–Crippen MR) is 260 cm³/mol. The van der Waals surface area contributed by atoms with Gasteiger partial charge in [0.15, 0.2) is 6.10 Å². The van der Waals surface area contributed by atoms with Gasteiger partial charge in [-0.25, -0.2) is 0 Å². The van der Waals surface area contributed by atoms with Crippen LogP contribution in [-0.4, -0.2) is 37.2 Å². The number of hydrogen-bond acceptors (Lipinski definition) is 6. The molecule has 0 fully saturated rings. The summed E-state index contributed by atoms with van der Waals surface area (Å²) in [4.78, 5) is 37.7. The van der Waals surface area contributed by atoms with Gasteiger partial charge in [-0.3, -0.25) is 14.4 Å². The quantitative estimate of drug-likeness (QED) is 0.0202. The summed E-state index contributed by atoms with van der Waals surface area (Å²) in [5.41, 5.74) is 0. The van der Waals surface area contributed by atoms with Gasteiger partial charge >= 0.3 is 17.9 Å². The molecule has 61 heavy (non-hydrogen) atoms. The fourth-order valence-electron chi connectivity index (χ4n) is 5.50.